The lowest BCUT2D eigenvalue weighted by atomic mass is 9.46. The van der Waals surface area contributed by atoms with Crippen molar-refractivity contribution in [3.05, 3.63) is 11.6 Å². The van der Waals surface area contributed by atoms with Gasteiger partial charge in [0.05, 0.1) is 0 Å². The summed E-state index contributed by atoms with van der Waals surface area (Å²) < 4.78 is 4.41. The summed E-state index contributed by atoms with van der Waals surface area (Å²) in [4.78, 5) is 23.4. The quantitative estimate of drug-likeness (QED) is 0.282. The highest BCUT2D eigenvalue weighted by molar-refractivity contribution is 6.60. The van der Waals surface area contributed by atoms with E-state index in [0.717, 1.165) is 32.1 Å². The molecule has 5 aliphatic rings. The van der Waals surface area contributed by atoms with E-state index in [1.54, 1.807) is 0 Å². The second-order valence-corrected chi connectivity index (χ2v) is 12.7. The number of rotatable bonds is 2. The number of Topliss-reactive ketones (excluding diaryl/α,β-unsaturated/α-hetero) is 1. The van der Waals surface area contributed by atoms with E-state index >= 15 is 0 Å². The topological polar surface area (TPSA) is 43.4 Å². The second-order valence-electron chi connectivity index (χ2n) is 11.3. The van der Waals surface area contributed by atoms with Crippen LogP contribution in [-0.2, 0) is 14.3 Å². The molecule has 0 spiro atoms. The van der Waals surface area contributed by atoms with E-state index < -0.39 is 4.33 Å². The third kappa shape index (κ3) is 2.90. The van der Waals surface area contributed by atoms with E-state index in [4.69, 9.17) is 27.9 Å². The fourth-order valence-electron chi connectivity index (χ4n) is 8.60. The lowest BCUT2D eigenvalue weighted by molar-refractivity contribution is -0.149. The zero-order valence-electron chi connectivity index (χ0n) is 18.4. The van der Waals surface area contributed by atoms with Crippen LogP contribution < -0.4 is 0 Å². The Morgan fingerprint density at radius 2 is 1.73 bits per heavy atom. The monoisotopic (exact) mass is 452 g/mol. The van der Waals surface area contributed by atoms with Crippen molar-refractivity contribution in [1.29, 1.82) is 0 Å². The number of ether oxygens (including phenoxy) is 1. The van der Waals surface area contributed by atoms with E-state index in [1.807, 2.05) is 0 Å². The lowest BCUT2D eigenvalue weighted by Gasteiger charge is -2.59. The summed E-state index contributed by atoms with van der Waals surface area (Å²) in [5.74, 6) is 2.57. The van der Waals surface area contributed by atoms with Gasteiger partial charge in [-0.25, -0.2) is 0 Å². The van der Waals surface area contributed by atoms with Crippen molar-refractivity contribution in [3.63, 3.8) is 0 Å². The predicted molar refractivity (Wildman–Crippen MR) is 118 cm³/mol. The molecule has 8 atom stereocenters. The maximum atomic E-state index is 12.0. The number of hydrogen-bond acceptors (Lipinski definition) is 3. The number of fused-ring (bicyclic) bond motifs is 5. The summed E-state index contributed by atoms with van der Waals surface area (Å²) >= 11 is 12.9. The Labute approximate surface area is 190 Å². The molecule has 0 heterocycles. The first-order valence-electron chi connectivity index (χ1n) is 11.8. The van der Waals surface area contributed by atoms with Crippen molar-refractivity contribution in [1.82, 2.24) is 0 Å². The first-order chi connectivity index (χ1) is 14.1. The van der Waals surface area contributed by atoms with Gasteiger partial charge in [-0.1, -0.05) is 48.7 Å². The van der Waals surface area contributed by atoms with Crippen LogP contribution >= 0.6 is 23.2 Å². The summed E-state index contributed by atoms with van der Waals surface area (Å²) in [5.41, 5.74) is 2.02. The molecular weight excluding hydrogens is 419 g/mol. The molecule has 0 aromatic carbocycles. The van der Waals surface area contributed by atoms with Crippen molar-refractivity contribution in [2.24, 2.45) is 40.4 Å². The van der Waals surface area contributed by atoms with Crippen LogP contribution in [0.4, 0.5) is 0 Å². The molecule has 0 bridgehead atoms. The van der Waals surface area contributed by atoms with Crippen LogP contribution in [0.5, 0.6) is 0 Å². The SMILES string of the molecule is CC(=O)O[C@H]1CC[C@@]2(C)C(=CC[C@H]3[C@@H]4CC[C@H](C5CC(=O)C5(Cl)Cl)[C@@]4(C)CC[C@@H]32)C1. The maximum Gasteiger partial charge on any atom is 0.302 e. The van der Waals surface area contributed by atoms with Gasteiger partial charge in [0, 0.05) is 25.7 Å². The minimum Gasteiger partial charge on any atom is -0.462 e. The predicted octanol–water partition coefficient (Wildman–Crippen LogP) is 6.26. The minimum atomic E-state index is -1.15. The number of halogens is 2. The Kier molecular flexibility index (Phi) is 4.96. The van der Waals surface area contributed by atoms with Crippen LogP contribution in [0.3, 0.4) is 0 Å². The van der Waals surface area contributed by atoms with Gasteiger partial charge in [0.25, 0.3) is 0 Å². The summed E-state index contributed by atoms with van der Waals surface area (Å²) in [5, 5.41) is 0. The molecule has 0 amide bonds. The maximum absolute atomic E-state index is 12.0. The van der Waals surface area contributed by atoms with Gasteiger partial charge in [0.1, 0.15) is 6.10 Å². The standard InChI is InChI=1S/C25H34Cl2O3/c1-14(28)30-16-8-10-23(2)15(12-16)4-5-17-18-6-7-20(21-13-22(29)25(21,26)27)24(18,3)11-9-19(17)23/h4,16-21H,5-13H2,1-3H3/t16-,17-,18-,19-,20+,21?,23-,24-/m0/s1. The third-order valence-corrected chi connectivity index (χ3v) is 11.2. The molecule has 30 heavy (non-hydrogen) atoms. The fourth-order valence-corrected chi connectivity index (χ4v) is 9.21. The number of alkyl halides is 2. The van der Waals surface area contributed by atoms with E-state index in [0.29, 0.717) is 30.1 Å². The molecule has 0 aromatic heterocycles. The van der Waals surface area contributed by atoms with Crippen LogP contribution in [0.25, 0.3) is 0 Å². The van der Waals surface area contributed by atoms with E-state index in [1.165, 1.54) is 31.8 Å². The zero-order chi connectivity index (χ0) is 21.5. The summed E-state index contributed by atoms with van der Waals surface area (Å²) in [6.45, 7) is 6.46. The summed E-state index contributed by atoms with van der Waals surface area (Å²) in [7, 11) is 0. The Morgan fingerprint density at radius 3 is 2.40 bits per heavy atom. The Morgan fingerprint density at radius 1 is 1.00 bits per heavy atom. The molecule has 0 N–H and O–H groups in total. The first-order valence-corrected chi connectivity index (χ1v) is 12.6. The normalized spacial score (nSPS) is 49.2. The number of ketones is 1. The van der Waals surface area contributed by atoms with E-state index in [-0.39, 0.29) is 34.6 Å². The van der Waals surface area contributed by atoms with Gasteiger partial charge in [0.15, 0.2) is 10.1 Å². The molecule has 5 heteroatoms. The highest BCUT2D eigenvalue weighted by atomic mass is 35.5. The highest BCUT2D eigenvalue weighted by Crippen LogP contribution is 2.69. The van der Waals surface area contributed by atoms with Crippen molar-refractivity contribution in [2.45, 2.75) is 89.0 Å². The fraction of sp³-hybridized carbons (Fsp3) is 0.840. The van der Waals surface area contributed by atoms with Gasteiger partial charge in [-0.05, 0) is 79.4 Å². The number of esters is 1. The molecule has 0 aromatic rings. The molecular formula is C25H34Cl2O3. The smallest absolute Gasteiger partial charge is 0.302 e. The number of carbonyl (C=O) groups excluding carboxylic acids is 2. The van der Waals surface area contributed by atoms with Gasteiger partial charge in [0.2, 0.25) is 0 Å². The van der Waals surface area contributed by atoms with Crippen molar-refractivity contribution in [2.75, 3.05) is 0 Å². The molecule has 166 valence electrons. The first kappa shape index (κ1) is 21.3. The van der Waals surface area contributed by atoms with Crippen molar-refractivity contribution >= 4 is 35.0 Å². The summed E-state index contributed by atoms with van der Waals surface area (Å²) in [6, 6.07) is 0. The molecule has 5 aliphatic carbocycles. The van der Waals surface area contributed by atoms with Gasteiger partial charge < -0.3 is 4.74 Å². The third-order valence-electron chi connectivity index (χ3n) is 10.2. The molecule has 4 saturated carbocycles. The highest BCUT2D eigenvalue weighted by Gasteiger charge is 2.65. The lowest BCUT2D eigenvalue weighted by Crippen LogP contribution is -2.56. The van der Waals surface area contributed by atoms with Gasteiger partial charge in [-0.2, -0.15) is 0 Å². The van der Waals surface area contributed by atoms with Crippen molar-refractivity contribution < 1.29 is 14.3 Å². The second kappa shape index (κ2) is 6.98. The average Bonchev–Trinajstić information content (AvgIpc) is 3.02. The Hall–Kier alpha value is -0.540. The Balaban J connectivity index is 1.38. The molecule has 3 nitrogen and oxygen atoms in total. The van der Waals surface area contributed by atoms with Gasteiger partial charge in [-0.15, -0.1) is 0 Å². The minimum absolute atomic E-state index is 0.0128. The largest absolute Gasteiger partial charge is 0.462 e. The molecule has 4 fully saturated rings. The average molecular weight is 453 g/mol. The van der Waals surface area contributed by atoms with Gasteiger partial charge in [-0.3, -0.25) is 9.59 Å². The van der Waals surface area contributed by atoms with Crippen LogP contribution in [0.1, 0.15) is 78.6 Å². The molecule has 0 saturated heterocycles. The Bertz CT molecular complexity index is 804. The molecule has 0 aliphatic heterocycles. The molecule has 1 unspecified atom stereocenters. The van der Waals surface area contributed by atoms with Crippen molar-refractivity contribution in [3.8, 4) is 0 Å². The molecule has 0 radical (unpaired) electrons. The zero-order valence-corrected chi connectivity index (χ0v) is 19.9. The van der Waals surface area contributed by atoms with Gasteiger partial charge >= 0.3 is 5.97 Å². The van der Waals surface area contributed by atoms with E-state index in [2.05, 4.69) is 19.9 Å². The molecule has 5 rings (SSSR count). The number of hydrogen-bond donors (Lipinski definition) is 0. The van der Waals surface area contributed by atoms with Crippen LogP contribution in [0, 0.1) is 40.4 Å². The van der Waals surface area contributed by atoms with Crippen LogP contribution in [0.15, 0.2) is 11.6 Å². The van der Waals surface area contributed by atoms with Crippen LogP contribution in [0.2, 0.25) is 0 Å². The summed E-state index contributed by atoms with van der Waals surface area (Å²) in [6.07, 6.45) is 12.1. The number of allylic oxidation sites excluding steroid dienone is 1. The van der Waals surface area contributed by atoms with Crippen LogP contribution in [-0.4, -0.2) is 22.2 Å². The van der Waals surface area contributed by atoms with E-state index in [9.17, 15) is 9.59 Å². The number of carbonyl (C=O) groups is 2.